The highest BCUT2D eigenvalue weighted by atomic mass is 16.5. The summed E-state index contributed by atoms with van der Waals surface area (Å²) in [6.07, 6.45) is 5.66. The molecule has 222 valence electrons. The fourth-order valence-electron chi connectivity index (χ4n) is 6.71. The van der Waals surface area contributed by atoms with E-state index in [0.29, 0.717) is 18.4 Å². The van der Waals surface area contributed by atoms with Crippen LogP contribution in [0, 0.1) is 0 Å². The number of fused-ring (bicyclic) bond motifs is 1. The maximum atomic E-state index is 11.6. The van der Waals surface area contributed by atoms with Crippen molar-refractivity contribution in [1.29, 1.82) is 0 Å². The van der Waals surface area contributed by atoms with Crippen molar-refractivity contribution >= 4 is 17.3 Å². The first-order valence-electron chi connectivity index (χ1n) is 15.5. The molecule has 43 heavy (non-hydrogen) atoms. The van der Waals surface area contributed by atoms with E-state index in [0.717, 1.165) is 43.1 Å². The van der Waals surface area contributed by atoms with E-state index < -0.39 is 0 Å². The molecule has 3 unspecified atom stereocenters. The van der Waals surface area contributed by atoms with Gasteiger partial charge in [0.25, 0.3) is 0 Å². The van der Waals surface area contributed by atoms with Crippen molar-refractivity contribution in [1.82, 2.24) is 5.32 Å². The van der Waals surface area contributed by atoms with Gasteiger partial charge in [-0.3, -0.25) is 4.79 Å². The van der Waals surface area contributed by atoms with E-state index in [2.05, 4.69) is 88.3 Å². The van der Waals surface area contributed by atoms with Crippen molar-refractivity contribution in [2.45, 2.75) is 57.0 Å². The van der Waals surface area contributed by atoms with Gasteiger partial charge in [0.05, 0.1) is 12.6 Å². The molecule has 3 atom stereocenters. The lowest BCUT2D eigenvalue weighted by Crippen LogP contribution is -2.39. The minimum atomic E-state index is -0.0837. The number of anilines is 2. The van der Waals surface area contributed by atoms with Gasteiger partial charge in [-0.1, -0.05) is 55.0 Å². The maximum Gasteiger partial charge on any atom is 0.221 e. The van der Waals surface area contributed by atoms with Crippen LogP contribution in [0.1, 0.15) is 66.8 Å². The summed E-state index contributed by atoms with van der Waals surface area (Å²) in [7, 11) is 0. The molecule has 6 heteroatoms. The third-order valence-electron chi connectivity index (χ3n) is 8.78. The highest BCUT2D eigenvalue weighted by Gasteiger charge is 2.36. The number of aromatic hydroxyl groups is 1. The molecule has 0 saturated carbocycles. The predicted molar refractivity (Wildman–Crippen MR) is 173 cm³/mol. The van der Waals surface area contributed by atoms with Gasteiger partial charge in [0, 0.05) is 36.8 Å². The zero-order valence-corrected chi connectivity index (χ0v) is 24.8. The molecule has 1 saturated heterocycles. The monoisotopic (exact) mass is 575 g/mol. The van der Waals surface area contributed by atoms with Crippen LogP contribution in [0.3, 0.4) is 0 Å². The fourth-order valence-corrected chi connectivity index (χ4v) is 6.71. The molecule has 0 aliphatic carbocycles. The second kappa shape index (κ2) is 13.3. The molecule has 2 heterocycles. The number of ether oxygens (including phenoxy) is 1. The molecule has 1 amide bonds. The normalized spacial score (nSPS) is 18.9. The number of hydrogen-bond acceptors (Lipinski definition) is 5. The van der Waals surface area contributed by atoms with Crippen molar-refractivity contribution in [2.24, 2.45) is 0 Å². The molecule has 1 fully saturated rings. The second-order valence-electron chi connectivity index (χ2n) is 11.7. The number of rotatable bonds is 9. The molecule has 6 rings (SSSR count). The minimum Gasteiger partial charge on any atom is -0.508 e. The SMILES string of the molecule is CC(=O)Nc1ccc(N2CCc3cc(O)ccc3C2C(c2ccccc2)c2ccc(OCCC3CCCCN3)cc2)cc1. The molecule has 4 aromatic rings. The lowest BCUT2D eigenvalue weighted by molar-refractivity contribution is -0.114. The number of phenols is 1. The Balaban J connectivity index is 1.34. The highest BCUT2D eigenvalue weighted by molar-refractivity contribution is 5.88. The quantitative estimate of drug-likeness (QED) is 0.197. The number of amides is 1. The Morgan fingerprint density at radius 3 is 2.47 bits per heavy atom. The van der Waals surface area contributed by atoms with Crippen LogP contribution < -0.4 is 20.3 Å². The van der Waals surface area contributed by atoms with Gasteiger partial charge in [-0.15, -0.1) is 0 Å². The third kappa shape index (κ3) is 6.86. The average Bonchev–Trinajstić information content (AvgIpc) is 3.03. The molecule has 0 radical (unpaired) electrons. The van der Waals surface area contributed by atoms with E-state index >= 15 is 0 Å². The summed E-state index contributed by atoms with van der Waals surface area (Å²) >= 11 is 0. The average molecular weight is 576 g/mol. The van der Waals surface area contributed by atoms with Crippen LogP contribution in [0.2, 0.25) is 0 Å². The van der Waals surface area contributed by atoms with Gasteiger partial charge in [0.1, 0.15) is 11.5 Å². The first kappa shape index (κ1) is 28.8. The minimum absolute atomic E-state index is 0.0116. The summed E-state index contributed by atoms with van der Waals surface area (Å²) in [6.45, 7) is 4.15. The molecular formula is C37H41N3O3. The van der Waals surface area contributed by atoms with Crippen LogP contribution in [0.4, 0.5) is 11.4 Å². The Kier molecular flexibility index (Phi) is 8.94. The molecule has 3 N–H and O–H groups in total. The van der Waals surface area contributed by atoms with Crippen LogP contribution >= 0.6 is 0 Å². The number of benzene rings is 4. The summed E-state index contributed by atoms with van der Waals surface area (Å²) in [4.78, 5) is 14.1. The molecule has 2 aliphatic heterocycles. The van der Waals surface area contributed by atoms with E-state index in [1.807, 2.05) is 18.2 Å². The van der Waals surface area contributed by atoms with Gasteiger partial charge < -0.3 is 25.4 Å². The molecule has 0 spiro atoms. The highest BCUT2D eigenvalue weighted by Crippen LogP contribution is 2.47. The van der Waals surface area contributed by atoms with Crippen molar-refractivity contribution < 1.29 is 14.6 Å². The van der Waals surface area contributed by atoms with Gasteiger partial charge in [0.15, 0.2) is 0 Å². The second-order valence-corrected chi connectivity index (χ2v) is 11.7. The van der Waals surface area contributed by atoms with Crippen LogP contribution in [-0.4, -0.2) is 36.8 Å². The number of hydrogen-bond donors (Lipinski definition) is 3. The summed E-state index contributed by atoms with van der Waals surface area (Å²) in [5.41, 5.74) is 6.70. The van der Waals surface area contributed by atoms with Gasteiger partial charge in [0.2, 0.25) is 5.91 Å². The van der Waals surface area contributed by atoms with Gasteiger partial charge in [-0.05, 0) is 103 Å². The fraction of sp³-hybridized carbons (Fsp3) is 0.324. The van der Waals surface area contributed by atoms with Gasteiger partial charge in [-0.25, -0.2) is 0 Å². The molecular weight excluding hydrogens is 534 g/mol. The predicted octanol–water partition coefficient (Wildman–Crippen LogP) is 7.20. The number of nitrogens with one attached hydrogen (secondary N) is 2. The number of carbonyl (C=O) groups is 1. The molecule has 6 nitrogen and oxygen atoms in total. The summed E-state index contributed by atoms with van der Waals surface area (Å²) in [6, 6.07) is 33.8. The topological polar surface area (TPSA) is 73.8 Å². The summed E-state index contributed by atoms with van der Waals surface area (Å²) in [5, 5.41) is 16.8. The standard InChI is InChI=1S/C37H41N3O3/c1-26(41)39-31-12-14-32(15-13-31)40-23-20-29-25-33(42)16-19-35(29)37(40)36(27-7-3-2-4-8-27)28-10-17-34(18-11-28)43-24-21-30-9-5-6-22-38-30/h2-4,7-8,10-19,25,30,36-38,42H,5-6,9,20-24H2,1H3,(H,39,41). The van der Waals surface area contributed by atoms with Crippen LogP contribution in [0.5, 0.6) is 11.5 Å². The van der Waals surface area contributed by atoms with E-state index in [1.165, 1.54) is 48.4 Å². The van der Waals surface area contributed by atoms with Crippen LogP contribution in [0.25, 0.3) is 0 Å². The molecule has 0 aromatic heterocycles. The first-order valence-corrected chi connectivity index (χ1v) is 15.5. The molecule has 4 aromatic carbocycles. The Labute approximate surface area is 254 Å². The number of piperidine rings is 1. The lowest BCUT2D eigenvalue weighted by atomic mass is 9.77. The largest absolute Gasteiger partial charge is 0.508 e. The van der Waals surface area contributed by atoms with Crippen LogP contribution in [-0.2, 0) is 11.2 Å². The Morgan fingerprint density at radius 2 is 1.74 bits per heavy atom. The van der Waals surface area contributed by atoms with E-state index in [9.17, 15) is 9.90 Å². The first-order chi connectivity index (χ1) is 21.0. The van der Waals surface area contributed by atoms with Crippen molar-refractivity contribution in [3.8, 4) is 11.5 Å². The molecule has 2 aliphatic rings. The van der Waals surface area contributed by atoms with Crippen molar-refractivity contribution in [3.63, 3.8) is 0 Å². The van der Waals surface area contributed by atoms with Gasteiger partial charge >= 0.3 is 0 Å². The number of phenolic OH excluding ortho intramolecular Hbond substituents is 1. The maximum absolute atomic E-state index is 11.6. The summed E-state index contributed by atoms with van der Waals surface area (Å²) in [5.74, 6) is 1.14. The van der Waals surface area contributed by atoms with E-state index in [1.54, 1.807) is 6.07 Å². The number of carbonyl (C=O) groups excluding carboxylic acids is 1. The van der Waals surface area contributed by atoms with Crippen molar-refractivity contribution in [2.75, 3.05) is 29.9 Å². The third-order valence-corrected chi connectivity index (χ3v) is 8.78. The zero-order chi connectivity index (χ0) is 29.6. The smallest absolute Gasteiger partial charge is 0.221 e. The lowest BCUT2D eigenvalue weighted by Gasteiger charge is -2.44. The molecule has 0 bridgehead atoms. The number of nitrogens with zero attached hydrogens (tertiary/aromatic N) is 1. The van der Waals surface area contributed by atoms with E-state index in [-0.39, 0.29) is 17.9 Å². The summed E-state index contributed by atoms with van der Waals surface area (Å²) < 4.78 is 6.19. The Bertz CT molecular complexity index is 1500. The van der Waals surface area contributed by atoms with Crippen molar-refractivity contribution in [3.05, 3.63) is 119 Å². The van der Waals surface area contributed by atoms with E-state index in [4.69, 9.17) is 4.74 Å². The Hall–Kier alpha value is -4.29. The zero-order valence-electron chi connectivity index (χ0n) is 24.8. The van der Waals surface area contributed by atoms with Gasteiger partial charge in [-0.2, -0.15) is 0 Å². The van der Waals surface area contributed by atoms with Crippen LogP contribution in [0.15, 0.2) is 97.1 Å². The Morgan fingerprint density at radius 1 is 0.977 bits per heavy atom.